The van der Waals surface area contributed by atoms with Gasteiger partial charge in [0.25, 0.3) is 0 Å². The van der Waals surface area contributed by atoms with E-state index in [1.807, 2.05) is 20.8 Å². The second kappa shape index (κ2) is 18.6. The van der Waals surface area contributed by atoms with Gasteiger partial charge < -0.3 is 19.3 Å². The zero-order chi connectivity index (χ0) is 24.4. The van der Waals surface area contributed by atoms with Gasteiger partial charge in [-0.1, -0.05) is 84.0 Å². The molecule has 1 rings (SSSR count). The van der Waals surface area contributed by atoms with Crippen LogP contribution in [0.4, 0.5) is 0 Å². The average Bonchev–Trinajstić information content (AvgIpc) is 2.76. The Balaban J connectivity index is 2.07. The van der Waals surface area contributed by atoms with Crippen LogP contribution in [-0.2, 0) is 19.0 Å². The van der Waals surface area contributed by atoms with Crippen LogP contribution in [0.1, 0.15) is 143 Å². The van der Waals surface area contributed by atoms with Crippen LogP contribution in [-0.4, -0.2) is 41.8 Å². The van der Waals surface area contributed by atoms with Gasteiger partial charge >= 0.3 is 5.97 Å². The Hall–Kier alpha value is -0.650. The maximum Gasteiger partial charge on any atom is 0.305 e. The summed E-state index contributed by atoms with van der Waals surface area (Å²) in [5.41, 5.74) is 0. The first-order chi connectivity index (χ1) is 15.9. The molecule has 0 aromatic heterocycles. The standard InChI is InChI=1S/C28H54O5/c1-5-7-8-9-10-11-12-13-14-15-16-17-18-24(29)19-20-25-23-26(33-28(3,4)32-25)21-22-27(30)31-6-2/h24-26,29H,5-23H2,1-4H3/t24-,25-,26+/m0/s1. The number of unbranched alkanes of at least 4 members (excludes halogenated alkanes) is 11. The highest BCUT2D eigenvalue weighted by atomic mass is 16.7. The molecule has 0 aliphatic carbocycles. The van der Waals surface area contributed by atoms with E-state index in [0.29, 0.717) is 19.4 Å². The van der Waals surface area contributed by atoms with Gasteiger partial charge in [0.05, 0.1) is 24.9 Å². The summed E-state index contributed by atoms with van der Waals surface area (Å²) < 4.78 is 17.1. The predicted molar refractivity (Wildman–Crippen MR) is 135 cm³/mol. The number of aliphatic hydroxyl groups is 1. The lowest BCUT2D eigenvalue weighted by Crippen LogP contribution is -2.45. The molecule has 1 aliphatic heterocycles. The second-order valence-electron chi connectivity index (χ2n) is 10.4. The highest BCUT2D eigenvalue weighted by Gasteiger charge is 2.35. The number of esters is 1. The topological polar surface area (TPSA) is 65.0 Å². The maximum absolute atomic E-state index is 11.7. The molecule has 196 valence electrons. The summed E-state index contributed by atoms with van der Waals surface area (Å²) in [6.07, 6.45) is 20.2. The average molecular weight is 471 g/mol. The van der Waals surface area contributed by atoms with Gasteiger partial charge in [-0.3, -0.25) is 4.79 Å². The molecule has 1 saturated heterocycles. The Morgan fingerprint density at radius 2 is 1.36 bits per heavy atom. The fourth-order valence-corrected chi connectivity index (χ4v) is 4.83. The first-order valence-electron chi connectivity index (χ1n) is 14.1. The number of hydrogen-bond acceptors (Lipinski definition) is 5. The molecule has 1 heterocycles. The summed E-state index contributed by atoms with van der Waals surface area (Å²) in [6.45, 7) is 8.37. The highest BCUT2D eigenvalue weighted by molar-refractivity contribution is 5.69. The van der Waals surface area contributed by atoms with Crippen LogP contribution >= 0.6 is 0 Å². The van der Waals surface area contributed by atoms with Gasteiger partial charge in [-0.15, -0.1) is 0 Å². The van der Waals surface area contributed by atoms with Gasteiger partial charge in [0, 0.05) is 12.8 Å². The molecule has 5 nitrogen and oxygen atoms in total. The molecule has 0 amide bonds. The molecule has 0 aromatic rings. The molecule has 0 radical (unpaired) electrons. The van der Waals surface area contributed by atoms with Crippen molar-refractivity contribution in [2.24, 2.45) is 0 Å². The number of hydrogen-bond donors (Lipinski definition) is 1. The second-order valence-corrected chi connectivity index (χ2v) is 10.4. The lowest BCUT2D eigenvalue weighted by molar-refractivity contribution is -0.301. The molecule has 0 saturated carbocycles. The van der Waals surface area contributed by atoms with E-state index in [2.05, 4.69) is 6.92 Å². The largest absolute Gasteiger partial charge is 0.466 e. The molecule has 0 bridgehead atoms. The van der Waals surface area contributed by atoms with Crippen LogP contribution in [0.3, 0.4) is 0 Å². The van der Waals surface area contributed by atoms with Gasteiger partial charge in [-0.2, -0.15) is 0 Å². The molecule has 1 N–H and O–H groups in total. The van der Waals surface area contributed by atoms with Crippen molar-refractivity contribution < 1.29 is 24.1 Å². The van der Waals surface area contributed by atoms with Gasteiger partial charge in [-0.05, 0) is 46.5 Å². The van der Waals surface area contributed by atoms with Crippen molar-refractivity contribution in [3.05, 3.63) is 0 Å². The Labute approximate surface area is 204 Å². The van der Waals surface area contributed by atoms with Crippen LogP contribution in [0.5, 0.6) is 0 Å². The fraction of sp³-hybridized carbons (Fsp3) is 0.964. The maximum atomic E-state index is 11.7. The fourth-order valence-electron chi connectivity index (χ4n) is 4.83. The number of carbonyl (C=O) groups excluding carboxylic acids is 1. The van der Waals surface area contributed by atoms with E-state index < -0.39 is 5.79 Å². The van der Waals surface area contributed by atoms with Crippen LogP contribution in [0.15, 0.2) is 0 Å². The molecular weight excluding hydrogens is 416 g/mol. The predicted octanol–water partition coefficient (Wildman–Crippen LogP) is 7.47. The van der Waals surface area contributed by atoms with E-state index >= 15 is 0 Å². The minimum atomic E-state index is -0.650. The summed E-state index contributed by atoms with van der Waals surface area (Å²) in [4.78, 5) is 11.7. The van der Waals surface area contributed by atoms with E-state index in [9.17, 15) is 9.90 Å². The summed E-state index contributed by atoms with van der Waals surface area (Å²) >= 11 is 0. The summed E-state index contributed by atoms with van der Waals surface area (Å²) in [6, 6.07) is 0. The van der Waals surface area contributed by atoms with Crippen LogP contribution in [0.2, 0.25) is 0 Å². The van der Waals surface area contributed by atoms with E-state index in [1.54, 1.807) is 0 Å². The molecule has 1 aliphatic rings. The Kier molecular flexibility index (Phi) is 17.2. The van der Waals surface area contributed by atoms with Crippen LogP contribution < -0.4 is 0 Å². The van der Waals surface area contributed by atoms with E-state index in [0.717, 1.165) is 32.1 Å². The van der Waals surface area contributed by atoms with Crippen molar-refractivity contribution in [1.29, 1.82) is 0 Å². The number of ether oxygens (including phenoxy) is 3. The smallest absolute Gasteiger partial charge is 0.305 e. The van der Waals surface area contributed by atoms with Gasteiger partial charge in [0.1, 0.15) is 0 Å². The minimum absolute atomic E-state index is 0.00311. The monoisotopic (exact) mass is 470 g/mol. The first-order valence-corrected chi connectivity index (χ1v) is 14.1. The zero-order valence-electron chi connectivity index (χ0n) is 22.2. The molecule has 0 spiro atoms. The van der Waals surface area contributed by atoms with E-state index in [-0.39, 0.29) is 24.3 Å². The Morgan fingerprint density at radius 1 is 0.848 bits per heavy atom. The van der Waals surface area contributed by atoms with Crippen molar-refractivity contribution in [1.82, 2.24) is 0 Å². The number of aliphatic hydroxyl groups excluding tert-OH is 1. The van der Waals surface area contributed by atoms with Crippen molar-refractivity contribution in [3.8, 4) is 0 Å². The van der Waals surface area contributed by atoms with Crippen molar-refractivity contribution in [3.63, 3.8) is 0 Å². The Bertz CT molecular complexity index is 479. The highest BCUT2D eigenvalue weighted by Crippen LogP contribution is 2.31. The Morgan fingerprint density at radius 3 is 1.91 bits per heavy atom. The summed E-state index contributed by atoms with van der Waals surface area (Å²) in [5.74, 6) is -0.817. The normalized spacial score (nSPS) is 21.1. The van der Waals surface area contributed by atoms with Crippen LogP contribution in [0, 0.1) is 0 Å². The quantitative estimate of drug-likeness (QED) is 0.148. The lowest BCUT2D eigenvalue weighted by Gasteiger charge is -2.41. The first kappa shape index (κ1) is 30.4. The molecule has 0 aromatic carbocycles. The third-order valence-corrected chi connectivity index (χ3v) is 6.62. The van der Waals surface area contributed by atoms with Crippen molar-refractivity contribution >= 4 is 5.97 Å². The lowest BCUT2D eigenvalue weighted by atomic mass is 9.97. The van der Waals surface area contributed by atoms with Crippen molar-refractivity contribution in [2.75, 3.05) is 6.61 Å². The van der Waals surface area contributed by atoms with Gasteiger partial charge in [0.15, 0.2) is 5.79 Å². The molecule has 0 unspecified atom stereocenters. The van der Waals surface area contributed by atoms with E-state index in [4.69, 9.17) is 14.2 Å². The SMILES string of the molecule is CCCCCCCCCCCCCC[C@H](O)CC[C@H]1C[C@@H](CCC(=O)OCC)OC(C)(C)O1. The molecule has 1 fully saturated rings. The zero-order valence-corrected chi connectivity index (χ0v) is 22.2. The number of carbonyl (C=O) groups is 1. The minimum Gasteiger partial charge on any atom is -0.466 e. The number of rotatable bonds is 20. The van der Waals surface area contributed by atoms with Gasteiger partial charge in [0.2, 0.25) is 0 Å². The molecule has 3 atom stereocenters. The van der Waals surface area contributed by atoms with E-state index in [1.165, 1.54) is 70.6 Å². The third-order valence-electron chi connectivity index (χ3n) is 6.62. The summed E-state index contributed by atoms with van der Waals surface area (Å²) in [5, 5.41) is 10.4. The third kappa shape index (κ3) is 16.6. The van der Waals surface area contributed by atoms with Crippen LogP contribution in [0.25, 0.3) is 0 Å². The van der Waals surface area contributed by atoms with Crippen molar-refractivity contribution in [2.45, 2.75) is 167 Å². The summed E-state index contributed by atoms with van der Waals surface area (Å²) in [7, 11) is 0. The molecular formula is C28H54O5. The molecule has 33 heavy (non-hydrogen) atoms. The molecule has 5 heteroatoms. The van der Waals surface area contributed by atoms with Gasteiger partial charge in [-0.25, -0.2) is 0 Å².